The highest BCUT2D eigenvalue weighted by Gasteiger charge is 2.10. The van der Waals surface area contributed by atoms with E-state index in [-0.39, 0.29) is 18.9 Å². The van der Waals surface area contributed by atoms with Crippen molar-refractivity contribution in [1.82, 2.24) is 0 Å². The van der Waals surface area contributed by atoms with Crippen molar-refractivity contribution in [3.8, 4) is 5.75 Å². The highest BCUT2D eigenvalue weighted by molar-refractivity contribution is 6.01. The second kappa shape index (κ2) is 5.64. The topological polar surface area (TPSA) is 30.7 Å². The predicted octanol–water partition coefficient (Wildman–Crippen LogP) is 4.21. The van der Waals surface area contributed by atoms with Gasteiger partial charge in [0.05, 0.1) is 0 Å². The van der Waals surface area contributed by atoms with Crippen LogP contribution in [0.4, 0.5) is 0 Å². The molecule has 0 aliphatic heterocycles. The summed E-state index contributed by atoms with van der Waals surface area (Å²) in [6.45, 7) is 6.87. The fourth-order valence-electron chi connectivity index (χ4n) is 2.35. The Hall–Kier alpha value is -2.86. The van der Waals surface area contributed by atoms with Gasteiger partial charge in [0.2, 0.25) is 6.54 Å². The molecule has 21 heavy (non-hydrogen) atoms. The molecule has 0 unspecified atom stereocenters. The zero-order valence-electron chi connectivity index (χ0n) is 11.4. The molecule has 3 aromatic carbocycles. The van der Waals surface area contributed by atoms with Gasteiger partial charge in [-0.15, -0.1) is 0 Å². The van der Waals surface area contributed by atoms with Crippen LogP contribution in [0.1, 0.15) is 6.42 Å². The summed E-state index contributed by atoms with van der Waals surface area (Å²) in [7, 11) is 0. The van der Waals surface area contributed by atoms with Gasteiger partial charge in [0.1, 0.15) is 12.2 Å². The quantitative estimate of drug-likeness (QED) is 0.310. The second-order valence-electron chi connectivity index (χ2n) is 4.78. The van der Waals surface area contributed by atoms with Crippen LogP contribution in [0.15, 0.2) is 54.6 Å². The van der Waals surface area contributed by atoms with Crippen molar-refractivity contribution in [3.05, 3.63) is 66.0 Å². The number of hydrogen-bond acceptors (Lipinski definition) is 2. The summed E-state index contributed by atoms with van der Waals surface area (Å²) in [4.78, 5) is 14.9. The number of rotatable bonds is 3. The Labute approximate surface area is 122 Å². The fourth-order valence-corrected chi connectivity index (χ4v) is 2.35. The van der Waals surface area contributed by atoms with E-state index in [4.69, 9.17) is 11.3 Å². The lowest BCUT2D eigenvalue weighted by Crippen LogP contribution is -2.08. The maximum absolute atomic E-state index is 11.7. The summed E-state index contributed by atoms with van der Waals surface area (Å²) < 4.78 is 5.40. The van der Waals surface area contributed by atoms with E-state index < -0.39 is 0 Å². The van der Waals surface area contributed by atoms with Gasteiger partial charge in [-0.1, -0.05) is 36.4 Å². The van der Waals surface area contributed by atoms with Crippen LogP contribution in [0.2, 0.25) is 0 Å². The van der Waals surface area contributed by atoms with E-state index in [9.17, 15) is 4.79 Å². The molecule has 0 atom stereocenters. The standard InChI is InChI=1S/C18H13NO2/c1-19-10-9-18(20)21-17-8-4-7-15-11-13-5-2-3-6-14(13)12-16(15)17/h2-8,11-12H,9-10H2. The van der Waals surface area contributed by atoms with Crippen molar-refractivity contribution in [2.24, 2.45) is 0 Å². The van der Waals surface area contributed by atoms with Crippen molar-refractivity contribution in [1.29, 1.82) is 0 Å². The minimum absolute atomic E-state index is 0.119. The zero-order chi connectivity index (χ0) is 14.7. The van der Waals surface area contributed by atoms with Crippen LogP contribution in [-0.2, 0) is 4.79 Å². The third-order valence-corrected chi connectivity index (χ3v) is 3.36. The first-order valence-electron chi connectivity index (χ1n) is 6.73. The monoisotopic (exact) mass is 275 g/mol. The van der Waals surface area contributed by atoms with Gasteiger partial charge in [0.15, 0.2) is 0 Å². The van der Waals surface area contributed by atoms with Gasteiger partial charge in [0.25, 0.3) is 0 Å². The average Bonchev–Trinajstić information content (AvgIpc) is 2.51. The Balaban J connectivity index is 2.04. The maximum atomic E-state index is 11.7. The summed E-state index contributed by atoms with van der Waals surface area (Å²) in [6, 6.07) is 17.8. The van der Waals surface area contributed by atoms with Gasteiger partial charge in [0, 0.05) is 5.39 Å². The Kier molecular flexibility index (Phi) is 3.53. The third kappa shape index (κ3) is 2.70. The van der Waals surface area contributed by atoms with E-state index in [0.717, 1.165) is 21.5 Å². The predicted molar refractivity (Wildman–Crippen MR) is 83.2 cm³/mol. The number of fused-ring (bicyclic) bond motifs is 2. The lowest BCUT2D eigenvalue weighted by molar-refractivity contribution is -0.133. The first kappa shape index (κ1) is 13.1. The Bertz CT molecular complexity index is 862. The largest absolute Gasteiger partial charge is 0.426 e. The second-order valence-corrected chi connectivity index (χ2v) is 4.78. The van der Waals surface area contributed by atoms with E-state index in [2.05, 4.69) is 17.0 Å². The molecule has 102 valence electrons. The first-order chi connectivity index (χ1) is 10.3. The van der Waals surface area contributed by atoms with Crippen molar-refractivity contribution in [2.75, 3.05) is 6.54 Å². The van der Waals surface area contributed by atoms with Gasteiger partial charge in [-0.05, 0) is 34.4 Å². The smallest absolute Gasteiger partial charge is 0.318 e. The van der Waals surface area contributed by atoms with Gasteiger partial charge in [-0.25, -0.2) is 6.57 Å². The summed E-state index contributed by atoms with van der Waals surface area (Å²) >= 11 is 0. The lowest BCUT2D eigenvalue weighted by Gasteiger charge is -2.08. The first-order valence-corrected chi connectivity index (χ1v) is 6.73. The van der Waals surface area contributed by atoms with Crippen molar-refractivity contribution in [3.63, 3.8) is 0 Å². The highest BCUT2D eigenvalue weighted by atomic mass is 16.5. The van der Waals surface area contributed by atoms with Crippen LogP contribution in [0, 0.1) is 6.57 Å². The molecule has 0 radical (unpaired) electrons. The fraction of sp³-hybridized carbons (Fsp3) is 0.111. The molecular formula is C18H13NO2. The van der Waals surface area contributed by atoms with Crippen LogP contribution in [-0.4, -0.2) is 12.5 Å². The van der Waals surface area contributed by atoms with Crippen LogP contribution in [0.5, 0.6) is 5.75 Å². The minimum Gasteiger partial charge on any atom is -0.426 e. The molecule has 0 bridgehead atoms. The summed E-state index contributed by atoms with van der Waals surface area (Å²) in [5.41, 5.74) is 0. The molecule has 0 heterocycles. The number of esters is 1. The summed E-state index contributed by atoms with van der Waals surface area (Å²) in [5.74, 6) is 0.180. The molecule has 0 amide bonds. The summed E-state index contributed by atoms with van der Waals surface area (Å²) in [6.07, 6.45) is 0.119. The number of carbonyl (C=O) groups is 1. The molecule has 0 aromatic heterocycles. The Morgan fingerprint density at radius 1 is 1.00 bits per heavy atom. The van der Waals surface area contributed by atoms with Crippen LogP contribution in [0.25, 0.3) is 26.4 Å². The molecule has 0 saturated heterocycles. The third-order valence-electron chi connectivity index (χ3n) is 3.36. The van der Waals surface area contributed by atoms with Crippen LogP contribution >= 0.6 is 0 Å². The molecule has 3 rings (SSSR count). The molecule has 0 saturated carbocycles. The van der Waals surface area contributed by atoms with E-state index in [1.165, 1.54) is 0 Å². The van der Waals surface area contributed by atoms with Crippen molar-refractivity contribution in [2.45, 2.75) is 6.42 Å². The van der Waals surface area contributed by atoms with Crippen molar-refractivity contribution >= 4 is 27.5 Å². The van der Waals surface area contributed by atoms with E-state index in [1.807, 2.05) is 36.4 Å². The van der Waals surface area contributed by atoms with E-state index in [0.29, 0.717) is 5.75 Å². The van der Waals surface area contributed by atoms with Gasteiger partial charge < -0.3 is 9.58 Å². The van der Waals surface area contributed by atoms with Crippen LogP contribution in [0.3, 0.4) is 0 Å². The lowest BCUT2D eigenvalue weighted by atomic mass is 10.0. The molecule has 3 aromatic rings. The van der Waals surface area contributed by atoms with Gasteiger partial charge in [-0.2, -0.15) is 0 Å². The molecule has 3 nitrogen and oxygen atoms in total. The summed E-state index contributed by atoms with van der Waals surface area (Å²) in [5, 5.41) is 4.20. The molecule has 0 N–H and O–H groups in total. The molecule has 0 fully saturated rings. The van der Waals surface area contributed by atoms with Gasteiger partial charge >= 0.3 is 5.97 Å². The SMILES string of the molecule is [C-]#[N+]CCC(=O)Oc1cccc2cc3ccccc3cc12. The van der Waals surface area contributed by atoms with Gasteiger partial charge in [-0.3, -0.25) is 4.79 Å². The number of hydrogen-bond donors (Lipinski definition) is 0. The van der Waals surface area contributed by atoms with Crippen molar-refractivity contribution < 1.29 is 9.53 Å². The number of benzene rings is 3. The Morgan fingerprint density at radius 3 is 2.48 bits per heavy atom. The molecule has 0 aliphatic rings. The Morgan fingerprint density at radius 2 is 1.71 bits per heavy atom. The highest BCUT2D eigenvalue weighted by Crippen LogP contribution is 2.30. The number of nitrogens with zero attached hydrogens (tertiary/aromatic N) is 1. The average molecular weight is 275 g/mol. The zero-order valence-corrected chi connectivity index (χ0v) is 11.4. The maximum Gasteiger partial charge on any atom is 0.318 e. The molecule has 3 heteroatoms. The molecular weight excluding hydrogens is 262 g/mol. The number of carbonyl (C=O) groups excluding carboxylic acids is 1. The molecule has 0 spiro atoms. The van der Waals surface area contributed by atoms with Crippen LogP contribution < -0.4 is 4.74 Å². The molecule has 0 aliphatic carbocycles. The normalized spacial score (nSPS) is 10.4. The minimum atomic E-state index is -0.369. The van der Waals surface area contributed by atoms with E-state index >= 15 is 0 Å². The number of ether oxygens (including phenoxy) is 1. The van der Waals surface area contributed by atoms with E-state index in [1.54, 1.807) is 6.07 Å².